The molecule has 6 nitrogen and oxygen atoms in total. The van der Waals surface area contributed by atoms with E-state index < -0.39 is 0 Å². The highest BCUT2D eigenvalue weighted by Crippen LogP contribution is 2.26. The minimum Gasteiger partial charge on any atom is -0.352 e. The van der Waals surface area contributed by atoms with Gasteiger partial charge in [-0.25, -0.2) is 4.68 Å². The Bertz CT molecular complexity index is 655. The summed E-state index contributed by atoms with van der Waals surface area (Å²) < 4.78 is 1.45. The Balaban J connectivity index is 1.55. The lowest BCUT2D eigenvalue weighted by Crippen LogP contribution is -2.41. The number of carbonyl (C=O) groups is 1. The molecule has 2 aromatic heterocycles. The van der Waals surface area contributed by atoms with Crippen molar-refractivity contribution in [1.29, 1.82) is 0 Å². The second-order valence-corrected chi connectivity index (χ2v) is 7.77. The van der Waals surface area contributed by atoms with Crippen molar-refractivity contribution < 1.29 is 4.79 Å². The van der Waals surface area contributed by atoms with Gasteiger partial charge in [-0.2, -0.15) is 0 Å². The summed E-state index contributed by atoms with van der Waals surface area (Å²) in [6, 6.07) is 4.19. The van der Waals surface area contributed by atoms with E-state index in [1.807, 2.05) is 17.5 Å². The monoisotopic (exact) mass is 351 g/mol. The van der Waals surface area contributed by atoms with Gasteiger partial charge in [-0.1, -0.05) is 37.6 Å². The molecule has 0 unspecified atom stereocenters. The Morgan fingerprint density at radius 2 is 2.30 bits per heavy atom. The SMILES string of the molecule is C[C@H]1CCCC[C@@H]1NC(=O)CSc1nnc(-c2cccs2)n1N. The van der Waals surface area contributed by atoms with Crippen molar-refractivity contribution in [2.75, 3.05) is 11.6 Å². The highest BCUT2D eigenvalue weighted by atomic mass is 32.2. The average Bonchev–Trinajstić information content (AvgIpc) is 3.17. The normalized spacial score (nSPS) is 21.3. The molecule has 0 aromatic carbocycles. The van der Waals surface area contributed by atoms with Crippen LogP contribution < -0.4 is 11.2 Å². The van der Waals surface area contributed by atoms with E-state index in [9.17, 15) is 4.79 Å². The molecule has 2 heterocycles. The molecule has 3 N–H and O–H groups in total. The van der Waals surface area contributed by atoms with Gasteiger partial charge in [0.2, 0.25) is 11.1 Å². The molecule has 3 rings (SSSR count). The smallest absolute Gasteiger partial charge is 0.230 e. The van der Waals surface area contributed by atoms with Gasteiger partial charge in [-0.3, -0.25) is 4.79 Å². The van der Waals surface area contributed by atoms with E-state index in [0.717, 1.165) is 11.3 Å². The predicted octanol–water partition coefficient (Wildman–Crippen LogP) is 2.51. The van der Waals surface area contributed by atoms with Gasteiger partial charge in [-0.05, 0) is 30.2 Å². The molecule has 0 radical (unpaired) electrons. The van der Waals surface area contributed by atoms with Gasteiger partial charge in [-0.15, -0.1) is 21.5 Å². The van der Waals surface area contributed by atoms with Gasteiger partial charge in [0.05, 0.1) is 10.6 Å². The summed E-state index contributed by atoms with van der Waals surface area (Å²) in [7, 11) is 0. The zero-order valence-corrected chi connectivity index (χ0v) is 14.7. The van der Waals surface area contributed by atoms with Crippen LogP contribution in [0.5, 0.6) is 0 Å². The fourth-order valence-electron chi connectivity index (χ4n) is 2.86. The van der Waals surface area contributed by atoms with Crippen LogP contribution in [0.2, 0.25) is 0 Å². The number of nitrogens with two attached hydrogens (primary N) is 1. The Morgan fingerprint density at radius 1 is 1.48 bits per heavy atom. The first-order chi connectivity index (χ1) is 11.1. The van der Waals surface area contributed by atoms with E-state index >= 15 is 0 Å². The lowest BCUT2D eigenvalue weighted by atomic mass is 9.86. The highest BCUT2D eigenvalue weighted by molar-refractivity contribution is 7.99. The summed E-state index contributed by atoms with van der Waals surface area (Å²) in [5.74, 6) is 7.56. The van der Waals surface area contributed by atoms with Crippen LogP contribution in [-0.2, 0) is 4.79 Å². The highest BCUT2D eigenvalue weighted by Gasteiger charge is 2.23. The summed E-state index contributed by atoms with van der Waals surface area (Å²) in [5.41, 5.74) is 0. The van der Waals surface area contributed by atoms with Crippen molar-refractivity contribution in [3.05, 3.63) is 17.5 Å². The molecule has 0 aliphatic heterocycles. The molecular weight excluding hydrogens is 330 g/mol. The van der Waals surface area contributed by atoms with Crippen LogP contribution in [-0.4, -0.2) is 32.6 Å². The average molecular weight is 352 g/mol. The number of thioether (sulfide) groups is 1. The molecule has 124 valence electrons. The van der Waals surface area contributed by atoms with Crippen LogP contribution in [0.15, 0.2) is 22.7 Å². The van der Waals surface area contributed by atoms with E-state index in [2.05, 4.69) is 22.4 Å². The Hall–Kier alpha value is -1.54. The molecule has 1 aliphatic carbocycles. The van der Waals surface area contributed by atoms with Crippen molar-refractivity contribution >= 4 is 29.0 Å². The predicted molar refractivity (Wildman–Crippen MR) is 93.8 cm³/mol. The zero-order chi connectivity index (χ0) is 16.2. The lowest BCUT2D eigenvalue weighted by Gasteiger charge is -2.29. The third-order valence-electron chi connectivity index (χ3n) is 4.20. The van der Waals surface area contributed by atoms with Crippen molar-refractivity contribution in [2.24, 2.45) is 5.92 Å². The van der Waals surface area contributed by atoms with Crippen LogP contribution >= 0.6 is 23.1 Å². The Labute approximate surface area is 143 Å². The number of nitrogens with one attached hydrogen (secondary N) is 1. The molecule has 1 fully saturated rings. The summed E-state index contributed by atoms with van der Waals surface area (Å²) in [4.78, 5) is 13.1. The van der Waals surface area contributed by atoms with Crippen LogP contribution in [0, 0.1) is 5.92 Å². The number of aromatic nitrogens is 3. The van der Waals surface area contributed by atoms with Gasteiger partial charge in [0.15, 0.2) is 5.82 Å². The topological polar surface area (TPSA) is 85.8 Å². The van der Waals surface area contributed by atoms with Gasteiger partial charge in [0.25, 0.3) is 0 Å². The third kappa shape index (κ3) is 3.87. The standard InChI is InChI=1S/C15H21N5OS2/c1-10-5-2-3-6-11(10)17-13(21)9-23-15-19-18-14(20(15)16)12-7-4-8-22-12/h4,7-8,10-11H,2-3,5-6,9,16H2,1H3,(H,17,21)/t10-,11-/m0/s1. The maximum absolute atomic E-state index is 12.1. The van der Waals surface area contributed by atoms with Crippen molar-refractivity contribution in [3.8, 4) is 10.7 Å². The number of thiophene rings is 1. The Morgan fingerprint density at radius 3 is 3.04 bits per heavy atom. The third-order valence-corrected chi connectivity index (χ3v) is 6.01. The van der Waals surface area contributed by atoms with E-state index in [-0.39, 0.29) is 5.91 Å². The minimum absolute atomic E-state index is 0.0365. The van der Waals surface area contributed by atoms with Crippen molar-refractivity contribution in [1.82, 2.24) is 20.2 Å². The first-order valence-corrected chi connectivity index (χ1v) is 9.68. The van der Waals surface area contributed by atoms with Gasteiger partial charge in [0, 0.05) is 6.04 Å². The van der Waals surface area contributed by atoms with Crippen molar-refractivity contribution in [2.45, 2.75) is 43.8 Å². The maximum Gasteiger partial charge on any atom is 0.230 e. The molecule has 1 aliphatic rings. The summed E-state index contributed by atoms with van der Waals surface area (Å²) in [5, 5.41) is 13.9. The first kappa shape index (κ1) is 16.3. The molecule has 2 aromatic rings. The lowest BCUT2D eigenvalue weighted by molar-refractivity contribution is -0.119. The maximum atomic E-state index is 12.1. The number of nitrogen functional groups attached to an aromatic ring is 1. The second kappa shape index (κ2) is 7.35. The van der Waals surface area contributed by atoms with Crippen LogP contribution in [0.3, 0.4) is 0 Å². The number of hydrogen-bond acceptors (Lipinski definition) is 6. The molecule has 0 spiro atoms. The van der Waals surface area contributed by atoms with E-state index in [1.165, 1.54) is 35.7 Å². The van der Waals surface area contributed by atoms with E-state index in [1.54, 1.807) is 11.3 Å². The molecule has 2 atom stereocenters. The molecule has 1 amide bonds. The summed E-state index contributed by atoms with van der Waals surface area (Å²) in [6.07, 6.45) is 4.74. The molecule has 0 bridgehead atoms. The summed E-state index contributed by atoms with van der Waals surface area (Å²) in [6.45, 7) is 2.21. The van der Waals surface area contributed by atoms with Gasteiger partial charge >= 0.3 is 0 Å². The van der Waals surface area contributed by atoms with E-state index in [0.29, 0.717) is 28.7 Å². The zero-order valence-electron chi connectivity index (χ0n) is 13.1. The quantitative estimate of drug-likeness (QED) is 0.638. The number of rotatable bonds is 5. The molecule has 23 heavy (non-hydrogen) atoms. The van der Waals surface area contributed by atoms with E-state index in [4.69, 9.17) is 5.84 Å². The van der Waals surface area contributed by atoms with Crippen molar-refractivity contribution in [3.63, 3.8) is 0 Å². The molecule has 0 saturated heterocycles. The summed E-state index contributed by atoms with van der Waals surface area (Å²) >= 11 is 2.88. The fraction of sp³-hybridized carbons (Fsp3) is 0.533. The fourth-order valence-corrected chi connectivity index (χ4v) is 4.23. The van der Waals surface area contributed by atoms with Crippen LogP contribution in [0.25, 0.3) is 10.7 Å². The minimum atomic E-state index is 0.0365. The van der Waals surface area contributed by atoms with Crippen LogP contribution in [0.4, 0.5) is 0 Å². The van der Waals surface area contributed by atoms with Gasteiger partial charge in [0.1, 0.15) is 0 Å². The second-order valence-electron chi connectivity index (χ2n) is 5.88. The number of amides is 1. The molecule has 1 saturated carbocycles. The Kier molecular flexibility index (Phi) is 5.22. The van der Waals surface area contributed by atoms with Gasteiger partial charge < -0.3 is 11.2 Å². The number of hydrogen-bond donors (Lipinski definition) is 2. The first-order valence-electron chi connectivity index (χ1n) is 7.81. The molecular formula is C15H21N5OS2. The van der Waals surface area contributed by atoms with Crippen LogP contribution in [0.1, 0.15) is 32.6 Å². The number of nitrogens with zero attached hydrogens (tertiary/aromatic N) is 3. The molecule has 8 heteroatoms. The largest absolute Gasteiger partial charge is 0.352 e. The number of carbonyl (C=O) groups excluding carboxylic acids is 1.